The number of carbonyl (C=O) groups excluding carboxylic acids is 1. The third-order valence-corrected chi connectivity index (χ3v) is 3.79. The molecule has 0 aliphatic carbocycles. The summed E-state index contributed by atoms with van der Waals surface area (Å²) < 4.78 is 40.8. The van der Waals surface area contributed by atoms with Gasteiger partial charge in [-0.2, -0.15) is 13.2 Å². The Morgan fingerprint density at radius 2 is 2.00 bits per heavy atom. The molecule has 0 aromatic heterocycles. The van der Waals surface area contributed by atoms with E-state index in [4.69, 9.17) is 0 Å². The zero-order chi connectivity index (χ0) is 16.9. The van der Waals surface area contributed by atoms with Gasteiger partial charge >= 0.3 is 6.18 Å². The number of alkyl halides is 3. The van der Waals surface area contributed by atoms with E-state index >= 15 is 0 Å². The quantitative estimate of drug-likeness (QED) is 0.842. The summed E-state index contributed by atoms with van der Waals surface area (Å²) in [6.45, 7) is 1.94. The fraction of sp³-hybridized carbons (Fsp3) is 0.562. The van der Waals surface area contributed by atoms with E-state index in [1.54, 1.807) is 12.1 Å². The van der Waals surface area contributed by atoms with Gasteiger partial charge in [0.15, 0.2) is 6.61 Å². The Balaban J connectivity index is 0.00000288. The molecule has 2 atom stereocenters. The first-order valence-corrected chi connectivity index (χ1v) is 7.63. The first-order chi connectivity index (χ1) is 10.8. The second-order valence-electron chi connectivity index (χ2n) is 5.84. The summed E-state index contributed by atoms with van der Waals surface area (Å²) in [5.74, 6) is 0.195. The van der Waals surface area contributed by atoms with Crippen LogP contribution in [0, 0.1) is 5.92 Å². The Labute approximate surface area is 145 Å². The van der Waals surface area contributed by atoms with E-state index in [0.29, 0.717) is 12.6 Å². The first kappa shape index (κ1) is 20.6. The smallest absolute Gasteiger partial charge is 0.422 e. The maximum Gasteiger partial charge on any atom is 0.422 e. The normalized spacial score (nSPS) is 20.8. The van der Waals surface area contributed by atoms with Crippen LogP contribution in [0.3, 0.4) is 0 Å². The highest BCUT2D eigenvalue weighted by Gasteiger charge is 2.28. The molecule has 1 amide bonds. The van der Waals surface area contributed by atoms with Gasteiger partial charge in [-0.3, -0.25) is 4.79 Å². The highest BCUT2D eigenvalue weighted by atomic mass is 35.5. The maximum atomic E-state index is 12.1. The SMILES string of the molecule is C[C@H]1C[C@@H](C(=O)NCc2ccc(OCC(F)(F)F)cc2)CCN1.Cl. The molecule has 4 nitrogen and oxygen atoms in total. The van der Waals surface area contributed by atoms with Crippen molar-refractivity contribution in [1.29, 1.82) is 0 Å². The first-order valence-electron chi connectivity index (χ1n) is 7.63. The minimum Gasteiger partial charge on any atom is -0.484 e. The zero-order valence-electron chi connectivity index (χ0n) is 13.4. The topological polar surface area (TPSA) is 50.4 Å². The Hall–Kier alpha value is -1.47. The Kier molecular flexibility index (Phi) is 7.83. The van der Waals surface area contributed by atoms with Crippen LogP contribution in [-0.4, -0.2) is 31.3 Å². The summed E-state index contributed by atoms with van der Waals surface area (Å²) in [5, 5.41) is 6.17. The zero-order valence-corrected chi connectivity index (χ0v) is 14.2. The number of amides is 1. The molecule has 0 unspecified atom stereocenters. The van der Waals surface area contributed by atoms with Gasteiger partial charge in [0.25, 0.3) is 0 Å². The predicted octanol–water partition coefficient (Wildman–Crippen LogP) is 3.05. The van der Waals surface area contributed by atoms with Crippen LogP contribution in [0.4, 0.5) is 13.2 Å². The van der Waals surface area contributed by atoms with Crippen molar-refractivity contribution < 1.29 is 22.7 Å². The van der Waals surface area contributed by atoms with Gasteiger partial charge in [-0.05, 0) is 44.0 Å². The second kappa shape index (κ2) is 9.13. The summed E-state index contributed by atoms with van der Waals surface area (Å²) in [5.41, 5.74) is 0.819. The molecule has 2 N–H and O–H groups in total. The molecule has 0 saturated carbocycles. The van der Waals surface area contributed by atoms with Crippen molar-refractivity contribution in [3.05, 3.63) is 29.8 Å². The minimum absolute atomic E-state index is 0. The molecule has 0 bridgehead atoms. The van der Waals surface area contributed by atoms with Crippen molar-refractivity contribution in [2.45, 2.75) is 38.5 Å². The lowest BCUT2D eigenvalue weighted by Gasteiger charge is -2.27. The average Bonchev–Trinajstić information content (AvgIpc) is 2.51. The summed E-state index contributed by atoms with van der Waals surface area (Å²) in [4.78, 5) is 12.1. The van der Waals surface area contributed by atoms with Gasteiger partial charge in [0.1, 0.15) is 5.75 Å². The van der Waals surface area contributed by atoms with Crippen LogP contribution in [0.2, 0.25) is 0 Å². The number of hydrogen-bond donors (Lipinski definition) is 2. The molecule has 1 saturated heterocycles. The van der Waals surface area contributed by atoms with E-state index in [1.807, 2.05) is 0 Å². The Morgan fingerprint density at radius 3 is 2.58 bits per heavy atom. The molecule has 1 aliphatic heterocycles. The number of benzene rings is 1. The monoisotopic (exact) mass is 366 g/mol. The van der Waals surface area contributed by atoms with Crippen LogP contribution >= 0.6 is 12.4 Å². The van der Waals surface area contributed by atoms with Crippen molar-refractivity contribution in [2.75, 3.05) is 13.2 Å². The third-order valence-electron chi connectivity index (χ3n) is 3.79. The van der Waals surface area contributed by atoms with Crippen molar-refractivity contribution in [2.24, 2.45) is 5.92 Å². The molecule has 136 valence electrons. The molecule has 1 fully saturated rings. The van der Waals surface area contributed by atoms with E-state index in [0.717, 1.165) is 24.9 Å². The molecule has 0 spiro atoms. The molecule has 1 aromatic carbocycles. The lowest BCUT2D eigenvalue weighted by molar-refractivity contribution is -0.153. The number of hydrogen-bond acceptors (Lipinski definition) is 3. The third kappa shape index (κ3) is 6.97. The fourth-order valence-electron chi connectivity index (χ4n) is 2.57. The van der Waals surface area contributed by atoms with Gasteiger partial charge in [-0.15, -0.1) is 12.4 Å². The van der Waals surface area contributed by atoms with Gasteiger partial charge < -0.3 is 15.4 Å². The highest BCUT2D eigenvalue weighted by Crippen LogP contribution is 2.19. The van der Waals surface area contributed by atoms with Crippen LogP contribution in [0.1, 0.15) is 25.3 Å². The van der Waals surface area contributed by atoms with Crippen LogP contribution < -0.4 is 15.4 Å². The summed E-state index contributed by atoms with van der Waals surface area (Å²) in [6.07, 6.45) is -2.71. The fourth-order valence-corrected chi connectivity index (χ4v) is 2.57. The molecule has 1 aromatic rings. The number of ether oxygens (including phenoxy) is 1. The molecular formula is C16H22ClF3N2O2. The van der Waals surface area contributed by atoms with Crippen molar-refractivity contribution in [3.63, 3.8) is 0 Å². The standard InChI is InChI=1S/C16H21F3N2O2.ClH/c1-11-8-13(6-7-20-11)15(22)21-9-12-2-4-14(5-3-12)23-10-16(17,18)19;/h2-5,11,13,20H,6-10H2,1H3,(H,21,22);1H/t11-,13-;/m0./s1. The van der Waals surface area contributed by atoms with E-state index in [-0.39, 0.29) is 30.0 Å². The lowest BCUT2D eigenvalue weighted by atomic mass is 9.92. The van der Waals surface area contributed by atoms with E-state index in [9.17, 15) is 18.0 Å². The molecular weight excluding hydrogens is 345 g/mol. The van der Waals surface area contributed by atoms with Crippen LogP contribution in [0.15, 0.2) is 24.3 Å². The summed E-state index contributed by atoms with van der Waals surface area (Å²) >= 11 is 0. The van der Waals surface area contributed by atoms with Gasteiger partial charge in [0.05, 0.1) is 0 Å². The van der Waals surface area contributed by atoms with Gasteiger partial charge in [0, 0.05) is 18.5 Å². The Bertz CT molecular complexity index is 523. The molecule has 0 radical (unpaired) electrons. The van der Waals surface area contributed by atoms with E-state index < -0.39 is 12.8 Å². The number of nitrogens with one attached hydrogen (secondary N) is 2. The van der Waals surface area contributed by atoms with Crippen LogP contribution in [-0.2, 0) is 11.3 Å². The van der Waals surface area contributed by atoms with Gasteiger partial charge in [0.2, 0.25) is 5.91 Å². The molecule has 8 heteroatoms. The highest BCUT2D eigenvalue weighted by molar-refractivity contribution is 5.85. The number of rotatable bonds is 5. The largest absolute Gasteiger partial charge is 0.484 e. The Morgan fingerprint density at radius 1 is 1.33 bits per heavy atom. The number of halogens is 4. The molecule has 1 heterocycles. The van der Waals surface area contributed by atoms with Crippen molar-refractivity contribution in [3.8, 4) is 5.75 Å². The summed E-state index contributed by atoms with van der Waals surface area (Å²) in [7, 11) is 0. The van der Waals surface area contributed by atoms with Gasteiger partial charge in [-0.1, -0.05) is 12.1 Å². The molecule has 24 heavy (non-hydrogen) atoms. The minimum atomic E-state index is -4.35. The van der Waals surface area contributed by atoms with Crippen molar-refractivity contribution in [1.82, 2.24) is 10.6 Å². The van der Waals surface area contributed by atoms with Gasteiger partial charge in [-0.25, -0.2) is 0 Å². The van der Waals surface area contributed by atoms with E-state index in [2.05, 4.69) is 22.3 Å². The average molecular weight is 367 g/mol. The van der Waals surface area contributed by atoms with Crippen LogP contribution in [0.25, 0.3) is 0 Å². The van der Waals surface area contributed by atoms with Crippen molar-refractivity contribution >= 4 is 18.3 Å². The van der Waals surface area contributed by atoms with E-state index in [1.165, 1.54) is 12.1 Å². The van der Waals surface area contributed by atoms with Crippen LogP contribution in [0.5, 0.6) is 5.75 Å². The molecule has 1 aliphatic rings. The lowest BCUT2D eigenvalue weighted by Crippen LogP contribution is -2.42. The number of carbonyl (C=O) groups is 1. The summed E-state index contributed by atoms with van der Waals surface area (Å²) in [6, 6.07) is 6.58. The number of piperidine rings is 1. The maximum absolute atomic E-state index is 12.1. The predicted molar refractivity (Wildman–Crippen MR) is 87.3 cm³/mol. The molecule has 2 rings (SSSR count). The second-order valence-corrected chi connectivity index (χ2v) is 5.84.